The second-order valence-electron chi connectivity index (χ2n) is 5.24. The summed E-state index contributed by atoms with van der Waals surface area (Å²) in [5.74, 6) is 0.0716. The molecule has 0 amide bonds. The van der Waals surface area contributed by atoms with Crippen LogP contribution in [0.2, 0.25) is 0 Å². The molecule has 0 bridgehead atoms. The van der Waals surface area contributed by atoms with E-state index in [2.05, 4.69) is 4.98 Å². The minimum atomic E-state index is -1.03. The summed E-state index contributed by atoms with van der Waals surface area (Å²) in [7, 11) is 0. The number of imidazole rings is 1. The molecule has 2 aromatic carbocycles. The predicted molar refractivity (Wildman–Crippen MR) is 85.7 cm³/mol. The lowest BCUT2D eigenvalue weighted by atomic mass is 10.1. The fourth-order valence-electron chi connectivity index (χ4n) is 2.48. The molecule has 1 unspecified atom stereocenters. The molecule has 3 rings (SSSR count). The topological polar surface area (TPSA) is 81.2 Å². The second kappa shape index (κ2) is 6.59. The molecule has 1 aromatic heterocycles. The number of hydrogen-bond donors (Lipinski definition) is 1. The number of rotatable bonds is 5. The lowest BCUT2D eigenvalue weighted by Crippen LogP contribution is -2.10. The van der Waals surface area contributed by atoms with Gasteiger partial charge in [-0.3, -0.25) is 10.1 Å². The molecule has 24 heavy (non-hydrogen) atoms. The molecule has 3 aromatic rings. The van der Waals surface area contributed by atoms with Crippen molar-refractivity contribution < 1.29 is 14.4 Å². The third-order valence-electron chi connectivity index (χ3n) is 3.69. The SMILES string of the molecule is O=[N+]([O-])c1ccc(-c2nccn2CC(O)c2ccccc2F)cc1. The summed E-state index contributed by atoms with van der Waals surface area (Å²) >= 11 is 0. The van der Waals surface area contributed by atoms with Gasteiger partial charge >= 0.3 is 0 Å². The quantitative estimate of drug-likeness (QED) is 0.576. The fraction of sp³-hybridized carbons (Fsp3) is 0.118. The number of aromatic nitrogens is 2. The van der Waals surface area contributed by atoms with E-state index in [-0.39, 0.29) is 17.8 Å². The van der Waals surface area contributed by atoms with Gasteiger partial charge in [0.15, 0.2) is 0 Å². The van der Waals surface area contributed by atoms with Crippen molar-refractivity contribution in [1.82, 2.24) is 9.55 Å². The third kappa shape index (κ3) is 3.16. The van der Waals surface area contributed by atoms with Gasteiger partial charge in [0.25, 0.3) is 5.69 Å². The van der Waals surface area contributed by atoms with Crippen molar-refractivity contribution in [1.29, 1.82) is 0 Å². The summed E-state index contributed by atoms with van der Waals surface area (Å²) in [6.45, 7) is 0.118. The van der Waals surface area contributed by atoms with Crippen molar-refractivity contribution in [2.24, 2.45) is 0 Å². The average molecular weight is 327 g/mol. The van der Waals surface area contributed by atoms with E-state index in [9.17, 15) is 19.6 Å². The van der Waals surface area contributed by atoms with Gasteiger partial charge in [0.2, 0.25) is 0 Å². The molecule has 6 nitrogen and oxygen atoms in total. The summed E-state index contributed by atoms with van der Waals surface area (Å²) in [6.07, 6.45) is 2.20. The summed E-state index contributed by atoms with van der Waals surface area (Å²) in [5, 5.41) is 21.0. The van der Waals surface area contributed by atoms with Gasteiger partial charge in [-0.25, -0.2) is 9.37 Å². The number of nitro benzene ring substituents is 1. The Morgan fingerprint density at radius 2 is 1.92 bits per heavy atom. The molecule has 0 aliphatic heterocycles. The van der Waals surface area contributed by atoms with E-state index in [4.69, 9.17) is 0 Å². The molecule has 0 spiro atoms. The number of benzene rings is 2. The smallest absolute Gasteiger partial charge is 0.269 e. The van der Waals surface area contributed by atoms with Crippen LogP contribution in [0.4, 0.5) is 10.1 Å². The van der Waals surface area contributed by atoms with Crippen LogP contribution in [-0.4, -0.2) is 19.6 Å². The van der Waals surface area contributed by atoms with Crippen LogP contribution in [0.1, 0.15) is 11.7 Å². The number of nitro groups is 1. The first-order valence-corrected chi connectivity index (χ1v) is 7.24. The molecule has 1 N–H and O–H groups in total. The monoisotopic (exact) mass is 327 g/mol. The summed E-state index contributed by atoms with van der Waals surface area (Å²) < 4.78 is 15.4. The molecule has 0 aliphatic carbocycles. The van der Waals surface area contributed by atoms with Crippen molar-refractivity contribution >= 4 is 5.69 Å². The Morgan fingerprint density at radius 3 is 2.58 bits per heavy atom. The second-order valence-corrected chi connectivity index (χ2v) is 5.24. The maximum Gasteiger partial charge on any atom is 0.269 e. The van der Waals surface area contributed by atoms with Crippen LogP contribution in [0.25, 0.3) is 11.4 Å². The molecule has 1 atom stereocenters. The van der Waals surface area contributed by atoms with Crippen LogP contribution < -0.4 is 0 Å². The highest BCUT2D eigenvalue weighted by molar-refractivity contribution is 5.57. The minimum Gasteiger partial charge on any atom is -0.386 e. The van der Waals surface area contributed by atoms with Crippen LogP contribution in [0.3, 0.4) is 0 Å². The van der Waals surface area contributed by atoms with Gasteiger partial charge in [0, 0.05) is 35.7 Å². The van der Waals surface area contributed by atoms with Crippen LogP contribution in [0.5, 0.6) is 0 Å². The van der Waals surface area contributed by atoms with E-state index in [0.717, 1.165) is 0 Å². The van der Waals surface area contributed by atoms with Crippen LogP contribution in [0, 0.1) is 15.9 Å². The molecule has 7 heteroatoms. The normalized spacial score (nSPS) is 12.1. The number of nitrogens with zero attached hydrogens (tertiary/aromatic N) is 3. The molecular formula is C17H14FN3O3. The van der Waals surface area contributed by atoms with Crippen molar-refractivity contribution in [3.8, 4) is 11.4 Å². The maximum absolute atomic E-state index is 13.8. The minimum absolute atomic E-state index is 0.0109. The standard InChI is InChI=1S/C17H14FN3O3/c18-15-4-2-1-3-14(15)16(22)11-20-10-9-19-17(20)12-5-7-13(8-6-12)21(23)24/h1-10,16,22H,11H2. The zero-order valence-corrected chi connectivity index (χ0v) is 12.5. The number of non-ortho nitro benzene ring substituents is 1. The van der Waals surface area contributed by atoms with Crippen molar-refractivity contribution in [2.45, 2.75) is 12.6 Å². The zero-order valence-electron chi connectivity index (χ0n) is 12.5. The molecular weight excluding hydrogens is 313 g/mol. The Kier molecular flexibility index (Phi) is 4.35. The maximum atomic E-state index is 13.8. The lowest BCUT2D eigenvalue weighted by molar-refractivity contribution is -0.384. The van der Waals surface area contributed by atoms with Gasteiger partial charge in [0.05, 0.1) is 17.6 Å². The van der Waals surface area contributed by atoms with Gasteiger partial charge in [-0.15, -0.1) is 0 Å². The highest BCUT2D eigenvalue weighted by Gasteiger charge is 2.16. The number of aliphatic hydroxyl groups is 1. The molecule has 0 radical (unpaired) electrons. The van der Waals surface area contributed by atoms with E-state index < -0.39 is 16.8 Å². The van der Waals surface area contributed by atoms with Gasteiger partial charge in [-0.2, -0.15) is 0 Å². The lowest BCUT2D eigenvalue weighted by Gasteiger charge is -2.14. The Labute approximate surface area is 137 Å². The van der Waals surface area contributed by atoms with Crippen molar-refractivity contribution in [3.63, 3.8) is 0 Å². The van der Waals surface area contributed by atoms with E-state index in [1.165, 1.54) is 24.3 Å². The molecule has 0 aliphatic rings. The van der Waals surface area contributed by atoms with Gasteiger partial charge in [0.1, 0.15) is 11.6 Å². The molecule has 1 heterocycles. The molecule has 0 fully saturated rings. The number of hydrogen-bond acceptors (Lipinski definition) is 4. The van der Waals surface area contributed by atoms with Crippen LogP contribution >= 0.6 is 0 Å². The van der Waals surface area contributed by atoms with E-state index in [0.29, 0.717) is 11.4 Å². The molecule has 122 valence electrons. The van der Waals surface area contributed by atoms with E-state index >= 15 is 0 Å². The first-order valence-electron chi connectivity index (χ1n) is 7.24. The van der Waals surface area contributed by atoms with Crippen LogP contribution in [-0.2, 0) is 6.54 Å². The zero-order chi connectivity index (χ0) is 17.1. The van der Waals surface area contributed by atoms with Gasteiger partial charge in [-0.05, 0) is 18.2 Å². The fourth-order valence-corrected chi connectivity index (χ4v) is 2.48. The highest BCUT2D eigenvalue weighted by atomic mass is 19.1. The van der Waals surface area contributed by atoms with Crippen molar-refractivity contribution in [3.05, 3.63) is 82.4 Å². The van der Waals surface area contributed by atoms with Crippen LogP contribution in [0.15, 0.2) is 60.9 Å². The number of aliphatic hydroxyl groups excluding tert-OH is 1. The number of halogens is 1. The molecule has 0 saturated carbocycles. The van der Waals surface area contributed by atoms with Gasteiger partial charge < -0.3 is 9.67 Å². The summed E-state index contributed by atoms with van der Waals surface area (Å²) in [5.41, 5.74) is 0.871. The molecule has 0 saturated heterocycles. The Morgan fingerprint density at radius 1 is 1.21 bits per heavy atom. The first-order chi connectivity index (χ1) is 11.6. The average Bonchev–Trinajstić information content (AvgIpc) is 3.03. The van der Waals surface area contributed by atoms with Crippen molar-refractivity contribution in [2.75, 3.05) is 0 Å². The Balaban J connectivity index is 1.85. The van der Waals surface area contributed by atoms with E-state index in [1.807, 2.05) is 0 Å². The Bertz CT molecular complexity index is 862. The third-order valence-corrected chi connectivity index (χ3v) is 3.69. The first kappa shape index (κ1) is 15.8. The summed E-state index contributed by atoms with van der Waals surface area (Å²) in [4.78, 5) is 14.5. The van der Waals surface area contributed by atoms with E-state index in [1.54, 1.807) is 41.2 Å². The predicted octanol–water partition coefficient (Wildman–Crippen LogP) is 3.33. The Hall–Kier alpha value is -3.06. The van der Waals surface area contributed by atoms with Gasteiger partial charge in [-0.1, -0.05) is 18.2 Å². The largest absolute Gasteiger partial charge is 0.386 e. The summed E-state index contributed by atoms with van der Waals surface area (Å²) in [6, 6.07) is 12.0. The highest BCUT2D eigenvalue weighted by Crippen LogP contribution is 2.24.